The van der Waals surface area contributed by atoms with E-state index in [-0.39, 0.29) is 17.2 Å². The van der Waals surface area contributed by atoms with Gasteiger partial charge >= 0.3 is 5.97 Å². The van der Waals surface area contributed by atoms with Crippen LogP contribution in [0.3, 0.4) is 0 Å². The highest BCUT2D eigenvalue weighted by atomic mass is 16.4. The number of hydrogen-bond donors (Lipinski definition) is 1. The maximum atomic E-state index is 12.7. The molecule has 3 atom stereocenters. The maximum Gasteiger partial charge on any atom is 0.326 e. The van der Waals surface area contributed by atoms with Gasteiger partial charge in [-0.1, -0.05) is 27.2 Å². The van der Waals surface area contributed by atoms with Crippen molar-refractivity contribution in [3.63, 3.8) is 0 Å². The highest BCUT2D eigenvalue weighted by molar-refractivity contribution is 5.85. The van der Waals surface area contributed by atoms with E-state index >= 15 is 0 Å². The molecule has 2 fully saturated rings. The topological polar surface area (TPSA) is 57.6 Å². The van der Waals surface area contributed by atoms with Crippen LogP contribution in [-0.2, 0) is 9.59 Å². The molecular formula is C16H27NO3. The van der Waals surface area contributed by atoms with Gasteiger partial charge in [0, 0.05) is 12.5 Å². The summed E-state index contributed by atoms with van der Waals surface area (Å²) in [5, 5.41) is 9.38. The fourth-order valence-electron chi connectivity index (χ4n) is 3.78. The Hall–Kier alpha value is -1.06. The molecule has 0 aromatic rings. The number of carbonyl (C=O) groups excluding carboxylic acids is 1. The summed E-state index contributed by atoms with van der Waals surface area (Å²) >= 11 is 0. The van der Waals surface area contributed by atoms with E-state index in [0.29, 0.717) is 18.9 Å². The molecule has 114 valence electrons. The first-order chi connectivity index (χ1) is 9.30. The first-order valence-electron chi connectivity index (χ1n) is 7.83. The summed E-state index contributed by atoms with van der Waals surface area (Å²) in [5.41, 5.74) is 0.209. The van der Waals surface area contributed by atoms with Crippen molar-refractivity contribution in [2.75, 3.05) is 6.54 Å². The fraction of sp³-hybridized carbons (Fsp3) is 0.875. The van der Waals surface area contributed by atoms with Crippen LogP contribution in [0.1, 0.15) is 59.3 Å². The van der Waals surface area contributed by atoms with Gasteiger partial charge in [0.25, 0.3) is 0 Å². The second-order valence-corrected chi connectivity index (χ2v) is 7.47. The monoisotopic (exact) mass is 281 g/mol. The molecule has 2 aliphatic rings. The molecule has 1 saturated heterocycles. The normalized spacial score (nSPS) is 33.8. The Labute approximate surface area is 121 Å². The SMILES string of the molecule is CC1CCN(C(=O)C2CCCC(C)(C)C2)C(C(=O)O)C1. The van der Waals surface area contributed by atoms with Gasteiger partial charge in [0.15, 0.2) is 0 Å². The smallest absolute Gasteiger partial charge is 0.326 e. The third-order valence-corrected chi connectivity index (χ3v) is 4.99. The summed E-state index contributed by atoms with van der Waals surface area (Å²) in [4.78, 5) is 25.8. The van der Waals surface area contributed by atoms with Crippen LogP contribution in [0.4, 0.5) is 0 Å². The number of carbonyl (C=O) groups is 2. The van der Waals surface area contributed by atoms with Gasteiger partial charge in [-0.25, -0.2) is 4.79 Å². The molecule has 0 aromatic heterocycles. The van der Waals surface area contributed by atoms with E-state index in [1.807, 2.05) is 0 Å². The predicted molar refractivity (Wildman–Crippen MR) is 77.3 cm³/mol. The molecule has 20 heavy (non-hydrogen) atoms. The molecule has 1 aliphatic carbocycles. The van der Waals surface area contributed by atoms with Crippen molar-refractivity contribution in [3.05, 3.63) is 0 Å². The number of rotatable bonds is 2. The van der Waals surface area contributed by atoms with Gasteiger partial charge in [0.2, 0.25) is 5.91 Å². The van der Waals surface area contributed by atoms with Crippen LogP contribution in [0.25, 0.3) is 0 Å². The number of hydrogen-bond acceptors (Lipinski definition) is 2. The largest absolute Gasteiger partial charge is 0.480 e. The predicted octanol–water partition coefficient (Wildman–Crippen LogP) is 2.91. The van der Waals surface area contributed by atoms with Crippen LogP contribution in [0.2, 0.25) is 0 Å². The van der Waals surface area contributed by atoms with Crippen LogP contribution in [0.5, 0.6) is 0 Å². The van der Waals surface area contributed by atoms with Crippen LogP contribution >= 0.6 is 0 Å². The standard InChI is InChI=1S/C16H27NO3/c1-11-6-8-17(13(9-11)15(19)20)14(18)12-5-4-7-16(2,3)10-12/h11-13H,4-10H2,1-3H3,(H,19,20). The third kappa shape index (κ3) is 3.33. The number of nitrogens with zero attached hydrogens (tertiary/aromatic N) is 1. The van der Waals surface area contributed by atoms with Crippen LogP contribution < -0.4 is 0 Å². The van der Waals surface area contributed by atoms with Crippen molar-refractivity contribution in [2.45, 2.75) is 65.3 Å². The van der Waals surface area contributed by atoms with E-state index in [0.717, 1.165) is 32.1 Å². The quantitative estimate of drug-likeness (QED) is 0.846. The van der Waals surface area contributed by atoms with Gasteiger partial charge < -0.3 is 10.0 Å². The average molecular weight is 281 g/mol. The van der Waals surface area contributed by atoms with Gasteiger partial charge in [0.1, 0.15) is 6.04 Å². The summed E-state index contributed by atoms with van der Waals surface area (Å²) in [6, 6.07) is -0.615. The number of carboxylic acids is 1. The number of piperidine rings is 1. The van der Waals surface area contributed by atoms with Gasteiger partial charge in [-0.2, -0.15) is 0 Å². The van der Waals surface area contributed by atoms with Crippen molar-refractivity contribution in [3.8, 4) is 0 Å². The molecular weight excluding hydrogens is 254 g/mol. The summed E-state index contributed by atoms with van der Waals surface area (Å²) < 4.78 is 0. The van der Waals surface area contributed by atoms with E-state index in [2.05, 4.69) is 20.8 Å². The van der Waals surface area contributed by atoms with Crippen molar-refractivity contribution >= 4 is 11.9 Å². The molecule has 1 heterocycles. The minimum absolute atomic E-state index is 0.0222. The summed E-state index contributed by atoms with van der Waals surface area (Å²) in [7, 11) is 0. The molecule has 4 nitrogen and oxygen atoms in total. The minimum Gasteiger partial charge on any atom is -0.480 e. The molecule has 0 spiro atoms. The molecule has 2 rings (SSSR count). The number of carboxylic acid groups (broad SMARTS) is 1. The number of amides is 1. The summed E-state index contributed by atoms with van der Waals surface area (Å²) in [6.45, 7) is 7.09. The van der Waals surface area contributed by atoms with Gasteiger partial charge in [-0.15, -0.1) is 0 Å². The Morgan fingerprint density at radius 3 is 2.55 bits per heavy atom. The van der Waals surface area contributed by atoms with Crippen LogP contribution in [-0.4, -0.2) is 34.5 Å². The van der Waals surface area contributed by atoms with Crippen LogP contribution in [0.15, 0.2) is 0 Å². The van der Waals surface area contributed by atoms with Gasteiger partial charge in [0.05, 0.1) is 0 Å². The second kappa shape index (κ2) is 5.74. The Balaban J connectivity index is 2.08. The molecule has 1 amide bonds. The lowest BCUT2D eigenvalue weighted by atomic mass is 9.71. The highest BCUT2D eigenvalue weighted by Gasteiger charge is 2.40. The third-order valence-electron chi connectivity index (χ3n) is 4.99. The zero-order valence-corrected chi connectivity index (χ0v) is 12.9. The second-order valence-electron chi connectivity index (χ2n) is 7.47. The highest BCUT2D eigenvalue weighted by Crippen LogP contribution is 2.40. The number of aliphatic carboxylic acids is 1. The molecule has 3 unspecified atom stereocenters. The van der Waals surface area contributed by atoms with Crippen LogP contribution in [0, 0.1) is 17.3 Å². The molecule has 0 bridgehead atoms. The first-order valence-corrected chi connectivity index (χ1v) is 7.83. The van der Waals surface area contributed by atoms with E-state index in [9.17, 15) is 14.7 Å². The molecule has 0 radical (unpaired) electrons. The Morgan fingerprint density at radius 1 is 1.25 bits per heavy atom. The van der Waals surface area contributed by atoms with Gasteiger partial charge in [-0.05, 0) is 43.4 Å². The summed E-state index contributed by atoms with van der Waals surface area (Å²) in [5.74, 6) is -0.353. The van der Waals surface area contributed by atoms with Crippen molar-refractivity contribution < 1.29 is 14.7 Å². The molecule has 0 aromatic carbocycles. The van der Waals surface area contributed by atoms with Crippen molar-refractivity contribution in [1.29, 1.82) is 0 Å². The van der Waals surface area contributed by atoms with Crippen molar-refractivity contribution in [1.82, 2.24) is 4.90 Å². The molecule has 1 saturated carbocycles. The van der Waals surface area contributed by atoms with E-state index < -0.39 is 12.0 Å². The fourth-order valence-corrected chi connectivity index (χ4v) is 3.78. The lowest BCUT2D eigenvalue weighted by Gasteiger charge is -2.41. The first kappa shape index (κ1) is 15.3. The minimum atomic E-state index is -0.847. The van der Waals surface area contributed by atoms with E-state index in [1.54, 1.807) is 4.90 Å². The molecule has 1 N–H and O–H groups in total. The lowest BCUT2D eigenvalue weighted by Crippen LogP contribution is -2.52. The Morgan fingerprint density at radius 2 is 1.95 bits per heavy atom. The zero-order chi connectivity index (χ0) is 14.9. The van der Waals surface area contributed by atoms with Crippen molar-refractivity contribution in [2.24, 2.45) is 17.3 Å². The van der Waals surface area contributed by atoms with E-state index in [1.165, 1.54) is 0 Å². The number of likely N-dealkylation sites (tertiary alicyclic amines) is 1. The zero-order valence-electron chi connectivity index (χ0n) is 12.9. The average Bonchev–Trinajstić information content (AvgIpc) is 2.36. The molecule has 4 heteroatoms. The summed E-state index contributed by atoms with van der Waals surface area (Å²) in [6.07, 6.45) is 5.56. The van der Waals surface area contributed by atoms with E-state index in [4.69, 9.17) is 0 Å². The Kier molecular flexibility index (Phi) is 4.40. The lowest BCUT2D eigenvalue weighted by molar-refractivity contribution is -0.156. The maximum absolute atomic E-state index is 12.7. The Bertz CT molecular complexity index is 391. The van der Waals surface area contributed by atoms with Gasteiger partial charge in [-0.3, -0.25) is 4.79 Å². The molecule has 1 aliphatic heterocycles.